The number of carboxylic acid groups (broad SMARTS) is 1. The number of nitrogens with one attached hydrogen (secondary N) is 1. The number of methoxy groups -OCH3 is 2. The lowest BCUT2D eigenvalue weighted by molar-refractivity contribution is -0.115. The number of ether oxygens (including phenoxy) is 2. The third-order valence-corrected chi connectivity index (χ3v) is 3.80. The molecule has 0 unspecified atom stereocenters. The minimum absolute atomic E-state index is 0.000230. The molecule has 132 valence electrons. The molecule has 0 fully saturated rings. The van der Waals surface area contributed by atoms with Crippen molar-refractivity contribution in [3.05, 3.63) is 53.1 Å². The molecule has 0 saturated carbocycles. The first-order valence-corrected chi connectivity index (χ1v) is 7.85. The number of hydrogen-bond donors (Lipinski definition) is 2. The molecular formula is C19H21NO5. The normalized spacial score (nSPS) is 10.2. The van der Waals surface area contributed by atoms with Crippen LogP contribution in [-0.4, -0.2) is 31.2 Å². The second-order valence-electron chi connectivity index (χ2n) is 5.46. The van der Waals surface area contributed by atoms with E-state index in [4.69, 9.17) is 9.47 Å². The third-order valence-electron chi connectivity index (χ3n) is 3.80. The first kappa shape index (κ1) is 18.3. The Bertz CT molecular complexity index is 768. The van der Waals surface area contributed by atoms with E-state index in [0.717, 1.165) is 12.0 Å². The van der Waals surface area contributed by atoms with Gasteiger partial charge < -0.3 is 19.9 Å². The first-order valence-electron chi connectivity index (χ1n) is 7.85. The molecule has 0 saturated heterocycles. The molecule has 0 atom stereocenters. The second kappa shape index (κ2) is 8.19. The highest BCUT2D eigenvalue weighted by Crippen LogP contribution is 2.36. The summed E-state index contributed by atoms with van der Waals surface area (Å²) in [6, 6.07) is 10.5. The maximum Gasteiger partial charge on any atom is 0.335 e. The van der Waals surface area contributed by atoms with Crippen LogP contribution < -0.4 is 14.8 Å². The van der Waals surface area contributed by atoms with Gasteiger partial charge in [0.15, 0.2) is 11.5 Å². The van der Waals surface area contributed by atoms with Crippen molar-refractivity contribution in [2.24, 2.45) is 0 Å². The Morgan fingerprint density at radius 3 is 2.20 bits per heavy atom. The average Bonchev–Trinajstić information content (AvgIpc) is 2.61. The molecule has 0 aromatic heterocycles. The summed E-state index contributed by atoms with van der Waals surface area (Å²) in [4.78, 5) is 23.6. The van der Waals surface area contributed by atoms with E-state index in [-0.39, 0.29) is 35.1 Å². The summed E-state index contributed by atoms with van der Waals surface area (Å²) < 4.78 is 10.4. The van der Waals surface area contributed by atoms with E-state index in [1.807, 2.05) is 24.3 Å². The van der Waals surface area contributed by atoms with Gasteiger partial charge in [0.05, 0.1) is 31.9 Å². The summed E-state index contributed by atoms with van der Waals surface area (Å²) in [5.74, 6) is -0.870. The predicted molar refractivity (Wildman–Crippen MR) is 94.7 cm³/mol. The highest BCUT2D eigenvalue weighted by Gasteiger charge is 2.17. The summed E-state index contributed by atoms with van der Waals surface area (Å²) in [5, 5.41) is 11.9. The predicted octanol–water partition coefficient (Wildman–Crippen LogP) is 3.15. The number of aryl methyl sites for hydroxylation is 1. The highest BCUT2D eigenvalue weighted by atomic mass is 16.5. The molecular weight excluding hydrogens is 322 g/mol. The van der Waals surface area contributed by atoms with Crippen LogP contribution in [0, 0.1) is 0 Å². The standard InChI is InChI=1S/C19H21NO5/c1-4-12-5-7-13(8-6-12)9-17(21)20-15-10-14(19(22)23)11-16(24-2)18(15)25-3/h5-8,10-11H,4,9H2,1-3H3,(H,20,21)(H,22,23). The Balaban J connectivity index is 2.23. The molecule has 0 aliphatic rings. The van der Waals surface area contributed by atoms with Gasteiger partial charge in [-0.15, -0.1) is 0 Å². The van der Waals surface area contributed by atoms with Gasteiger partial charge in [-0.2, -0.15) is 0 Å². The molecule has 6 nitrogen and oxygen atoms in total. The molecule has 0 radical (unpaired) electrons. The lowest BCUT2D eigenvalue weighted by atomic mass is 10.1. The summed E-state index contributed by atoms with van der Waals surface area (Å²) in [6.45, 7) is 2.07. The molecule has 1 amide bonds. The number of carboxylic acids is 1. The molecule has 2 aromatic rings. The van der Waals surface area contributed by atoms with E-state index in [0.29, 0.717) is 0 Å². The molecule has 0 spiro atoms. The summed E-state index contributed by atoms with van der Waals surface area (Å²) in [6.07, 6.45) is 1.11. The van der Waals surface area contributed by atoms with Crippen molar-refractivity contribution in [3.8, 4) is 11.5 Å². The van der Waals surface area contributed by atoms with Crippen LogP contribution in [0.5, 0.6) is 11.5 Å². The van der Waals surface area contributed by atoms with Gasteiger partial charge in [0.2, 0.25) is 5.91 Å². The van der Waals surface area contributed by atoms with Crippen LogP contribution in [0.15, 0.2) is 36.4 Å². The van der Waals surface area contributed by atoms with Gasteiger partial charge in [-0.05, 0) is 29.7 Å². The van der Waals surface area contributed by atoms with Crippen molar-refractivity contribution in [2.75, 3.05) is 19.5 Å². The molecule has 2 rings (SSSR count). The van der Waals surface area contributed by atoms with Crippen LogP contribution >= 0.6 is 0 Å². The van der Waals surface area contributed by atoms with E-state index >= 15 is 0 Å². The molecule has 0 aliphatic carbocycles. The summed E-state index contributed by atoms with van der Waals surface area (Å²) in [5.41, 5.74) is 2.33. The van der Waals surface area contributed by atoms with E-state index < -0.39 is 5.97 Å². The second-order valence-corrected chi connectivity index (χ2v) is 5.46. The zero-order chi connectivity index (χ0) is 18.4. The molecule has 0 aliphatic heterocycles. The number of aromatic carboxylic acids is 1. The average molecular weight is 343 g/mol. The summed E-state index contributed by atoms with van der Waals surface area (Å²) in [7, 11) is 2.84. The quantitative estimate of drug-likeness (QED) is 0.807. The third kappa shape index (κ3) is 4.50. The highest BCUT2D eigenvalue weighted by molar-refractivity contribution is 5.97. The number of carbonyl (C=O) groups is 2. The van der Waals surface area contributed by atoms with Crippen LogP contribution in [-0.2, 0) is 17.6 Å². The maximum atomic E-state index is 12.3. The zero-order valence-electron chi connectivity index (χ0n) is 14.5. The number of benzene rings is 2. The fraction of sp³-hybridized carbons (Fsp3) is 0.263. The van der Waals surface area contributed by atoms with Crippen molar-refractivity contribution < 1.29 is 24.2 Å². The Morgan fingerprint density at radius 1 is 1.04 bits per heavy atom. The van der Waals surface area contributed by atoms with Crippen LogP contribution in [0.1, 0.15) is 28.4 Å². The Kier molecular flexibility index (Phi) is 6.00. The zero-order valence-corrected chi connectivity index (χ0v) is 14.5. The molecule has 0 heterocycles. The van der Waals surface area contributed by atoms with E-state index in [1.54, 1.807) is 0 Å². The largest absolute Gasteiger partial charge is 0.493 e. The number of rotatable bonds is 7. The van der Waals surface area contributed by atoms with Crippen molar-refractivity contribution in [3.63, 3.8) is 0 Å². The minimum Gasteiger partial charge on any atom is -0.493 e. The van der Waals surface area contributed by atoms with Crippen LogP contribution in [0.2, 0.25) is 0 Å². The van der Waals surface area contributed by atoms with Gasteiger partial charge in [0.1, 0.15) is 0 Å². The minimum atomic E-state index is -1.12. The molecule has 2 aromatic carbocycles. The van der Waals surface area contributed by atoms with Crippen molar-refractivity contribution in [2.45, 2.75) is 19.8 Å². The van der Waals surface area contributed by atoms with Crippen LogP contribution in [0.3, 0.4) is 0 Å². The van der Waals surface area contributed by atoms with Gasteiger partial charge in [-0.1, -0.05) is 31.2 Å². The van der Waals surface area contributed by atoms with E-state index in [9.17, 15) is 14.7 Å². The molecule has 6 heteroatoms. The Labute approximate surface area is 146 Å². The molecule has 0 bridgehead atoms. The van der Waals surface area contributed by atoms with Crippen molar-refractivity contribution >= 4 is 17.6 Å². The SMILES string of the molecule is CCc1ccc(CC(=O)Nc2cc(C(=O)O)cc(OC)c2OC)cc1. The Hall–Kier alpha value is -3.02. The number of hydrogen-bond acceptors (Lipinski definition) is 4. The van der Waals surface area contributed by atoms with E-state index in [1.165, 1.54) is 31.9 Å². The number of carbonyl (C=O) groups excluding carboxylic acids is 1. The van der Waals surface area contributed by atoms with Crippen molar-refractivity contribution in [1.29, 1.82) is 0 Å². The van der Waals surface area contributed by atoms with Gasteiger partial charge in [-0.25, -0.2) is 4.79 Å². The topological polar surface area (TPSA) is 84.9 Å². The van der Waals surface area contributed by atoms with Gasteiger partial charge in [0, 0.05) is 0 Å². The fourth-order valence-corrected chi connectivity index (χ4v) is 2.45. The number of anilines is 1. The van der Waals surface area contributed by atoms with Gasteiger partial charge in [-0.3, -0.25) is 4.79 Å². The van der Waals surface area contributed by atoms with Gasteiger partial charge >= 0.3 is 5.97 Å². The lowest BCUT2D eigenvalue weighted by Gasteiger charge is -2.15. The number of amides is 1. The van der Waals surface area contributed by atoms with E-state index in [2.05, 4.69) is 12.2 Å². The monoisotopic (exact) mass is 343 g/mol. The smallest absolute Gasteiger partial charge is 0.335 e. The van der Waals surface area contributed by atoms with Crippen LogP contribution in [0.4, 0.5) is 5.69 Å². The molecule has 25 heavy (non-hydrogen) atoms. The Morgan fingerprint density at radius 2 is 1.68 bits per heavy atom. The van der Waals surface area contributed by atoms with Crippen molar-refractivity contribution in [1.82, 2.24) is 0 Å². The molecule has 2 N–H and O–H groups in total. The first-order chi connectivity index (χ1) is 12.0. The fourth-order valence-electron chi connectivity index (χ4n) is 2.45. The maximum absolute atomic E-state index is 12.3. The van der Waals surface area contributed by atoms with Gasteiger partial charge in [0.25, 0.3) is 0 Å². The van der Waals surface area contributed by atoms with Crippen LogP contribution in [0.25, 0.3) is 0 Å². The summed E-state index contributed by atoms with van der Waals surface area (Å²) >= 11 is 0. The lowest BCUT2D eigenvalue weighted by Crippen LogP contribution is -2.16.